The molecule has 104 valence electrons. The molecule has 0 radical (unpaired) electrons. The van der Waals surface area contributed by atoms with Crippen molar-refractivity contribution in [3.05, 3.63) is 28.3 Å². The second kappa shape index (κ2) is 4.85. The Balaban J connectivity index is 2.59. The van der Waals surface area contributed by atoms with Crippen LogP contribution in [0.5, 0.6) is 5.75 Å². The third-order valence-electron chi connectivity index (χ3n) is 4.00. The second-order valence-electron chi connectivity index (χ2n) is 5.35. The molecular formula is C15H20O4. The van der Waals surface area contributed by atoms with E-state index in [9.17, 15) is 15.0 Å². The molecule has 3 atom stereocenters. The van der Waals surface area contributed by atoms with Gasteiger partial charge in [-0.05, 0) is 37.3 Å². The molecule has 4 nitrogen and oxygen atoms in total. The number of hydrogen-bond acceptors (Lipinski definition) is 4. The Morgan fingerprint density at radius 3 is 2.58 bits per heavy atom. The first-order chi connectivity index (χ1) is 8.88. The fourth-order valence-electron chi connectivity index (χ4n) is 2.65. The number of carbonyl (C=O) groups excluding carboxylic acids is 1. The van der Waals surface area contributed by atoms with Crippen LogP contribution >= 0.6 is 0 Å². The molecule has 0 spiro atoms. The quantitative estimate of drug-likeness (QED) is 0.806. The zero-order valence-corrected chi connectivity index (χ0v) is 11.7. The van der Waals surface area contributed by atoms with E-state index < -0.39 is 18.2 Å². The summed E-state index contributed by atoms with van der Waals surface area (Å²) in [6, 6.07) is 1.78. The first kappa shape index (κ1) is 13.9. The molecule has 19 heavy (non-hydrogen) atoms. The van der Waals surface area contributed by atoms with E-state index in [0.29, 0.717) is 11.1 Å². The smallest absolute Gasteiger partial charge is 0.342 e. The third kappa shape index (κ3) is 2.10. The topological polar surface area (TPSA) is 66.8 Å². The van der Waals surface area contributed by atoms with Gasteiger partial charge in [0.2, 0.25) is 0 Å². The molecule has 3 unspecified atom stereocenters. The predicted molar refractivity (Wildman–Crippen MR) is 71.2 cm³/mol. The van der Waals surface area contributed by atoms with Crippen molar-refractivity contribution in [3.8, 4) is 5.75 Å². The number of cyclic esters (lactones) is 1. The van der Waals surface area contributed by atoms with Crippen LogP contribution in [0.15, 0.2) is 6.07 Å². The third-order valence-corrected chi connectivity index (χ3v) is 4.00. The summed E-state index contributed by atoms with van der Waals surface area (Å²) in [4.78, 5) is 12.1. The van der Waals surface area contributed by atoms with Gasteiger partial charge in [0.05, 0.1) is 0 Å². The van der Waals surface area contributed by atoms with Crippen LogP contribution in [0.2, 0.25) is 0 Å². The standard InChI is InChI=1S/C15H20O4/c1-5-7(2)14-13(17)10-8(3)6-9(4)12(16)11(10)15(18)19-14/h6-7,13-14,16-17H,5H2,1-4H3. The number of fused-ring (bicyclic) bond motifs is 1. The fourth-order valence-corrected chi connectivity index (χ4v) is 2.65. The molecular weight excluding hydrogens is 244 g/mol. The lowest BCUT2D eigenvalue weighted by atomic mass is 9.84. The highest BCUT2D eigenvalue weighted by atomic mass is 16.6. The second-order valence-corrected chi connectivity index (χ2v) is 5.35. The number of carbonyl (C=O) groups is 1. The fraction of sp³-hybridized carbons (Fsp3) is 0.533. The van der Waals surface area contributed by atoms with Gasteiger partial charge >= 0.3 is 5.97 Å². The molecule has 4 heteroatoms. The summed E-state index contributed by atoms with van der Waals surface area (Å²) >= 11 is 0. The van der Waals surface area contributed by atoms with Crippen molar-refractivity contribution in [2.75, 3.05) is 0 Å². The van der Waals surface area contributed by atoms with Crippen LogP contribution in [0.3, 0.4) is 0 Å². The Labute approximate surface area is 113 Å². The summed E-state index contributed by atoms with van der Waals surface area (Å²) < 4.78 is 5.32. The number of rotatable bonds is 2. The van der Waals surface area contributed by atoms with E-state index >= 15 is 0 Å². The molecule has 1 aromatic rings. The summed E-state index contributed by atoms with van der Waals surface area (Å²) in [5.74, 6) is -0.572. The van der Waals surface area contributed by atoms with E-state index in [1.807, 2.05) is 20.8 Å². The molecule has 0 aliphatic carbocycles. The zero-order chi connectivity index (χ0) is 14.3. The Morgan fingerprint density at radius 2 is 2.00 bits per heavy atom. The maximum Gasteiger partial charge on any atom is 0.342 e. The van der Waals surface area contributed by atoms with E-state index in [-0.39, 0.29) is 17.2 Å². The lowest BCUT2D eigenvalue weighted by Crippen LogP contribution is -2.37. The number of hydrogen-bond donors (Lipinski definition) is 2. The molecule has 0 aromatic heterocycles. The van der Waals surface area contributed by atoms with E-state index in [1.165, 1.54) is 0 Å². The molecule has 1 heterocycles. The van der Waals surface area contributed by atoms with Gasteiger partial charge in [-0.25, -0.2) is 4.79 Å². The van der Waals surface area contributed by atoms with Gasteiger partial charge in [0.25, 0.3) is 0 Å². The van der Waals surface area contributed by atoms with E-state index in [1.54, 1.807) is 13.0 Å². The van der Waals surface area contributed by atoms with Gasteiger partial charge < -0.3 is 14.9 Å². The van der Waals surface area contributed by atoms with Crippen LogP contribution in [-0.4, -0.2) is 22.3 Å². The maximum atomic E-state index is 12.1. The molecule has 1 aromatic carbocycles. The number of benzene rings is 1. The summed E-state index contributed by atoms with van der Waals surface area (Å²) in [6.45, 7) is 7.49. The molecule has 0 saturated heterocycles. The number of aryl methyl sites for hydroxylation is 2. The van der Waals surface area contributed by atoms with Crippen molar-refractivity contribution >= 4 is 5.97 Å². The van der Waals surface area contributed by atoms with Gasteiger partial charge in [-0.2, -0.15) is 0 Å². The van der Waals surface area contributed by atoms with Crippen LogP contribution in [0.25, 0.3) is 0 Å². The minimum absolute atomic E-state index is 0.0648. The van der Waals surface area contributed by atoms with E-state index in [4.69, 9.17) is 4.74 Å². The van der Waals surface area contributed by atoms with Gasteiger partial charge in [-0.3, -0.25) is 0 Å². The van der Waals surface area contributed by atoms with Crippen molar-refractivity contribution in [2.45, 2.75) is 46.3 Å². The molecule has 2 N–H and O–H groups in total. The average molecular weight is 264 g/mol. The van der Waals surface area contributed by atoms with Gasteiger partial charge in [-0.1, -0.05) is 19.9 Å². The van der Waals surface area contributed by atoms with E-state index in [2.05, 4.69) is 0 Å². The molecule has 0 saturated carbocycles. The Kier molecular flexibility index (Phi) is 3.54. The van der Waals surface area contributed by atoms with Gasteiger partial charge in [0, 0.05) is 5.56 Å². The Morgan fingerprint density at radius 1 is 1.37 bits per heavy atom. The summed E-state index contributed by atoms with van der Waals surface area (Å²) in [5, 5.41) is 20.5. The van der Waals surface area contributed by atoms with Crippen molar-refractivity contribution in [1.82, 2.24) is 0 Å². The Hall–Kier alpha value is -1.55. The van der Waals surface area contributed by atoms with Crippen LogP contribution < -0.4 is 0 Å². The minimum atomic E-state index is -0.880. The highest BCUT2D eigenvalue weighted by Gasteiger charge is 2.40. The van der Waals surface area contributed by atoms with Crippen molar-refractivity contribution < 1.29 is 19.7 Å². The van der Waals surface area contributed by atoms with Gasteiger partial charge in [0.15, 0.2) is 0 Å². The zero-order valence-electron chi connectivity index (χ0n) is 11.7. The van der Waals surface area contributed by atoms with E-state index in [0.717, 1.165) is 12.0 Å². The van der Waals surface area contributed by atoms with Gasteiger partial charge in [-0.15, -0.1) is 0 Å². The lowest BCUT2D eigenvalue weighted by molar-refractivity contribution is -0.0520. The first-order valence-corrected chi connectivity index (χ1v) is 6.60. The Bertz CT molecular complexity index is 521. The van der Waals surface area contributed by atoms with Crippen LogP contribution in [0.1, 0.15) is 53.4 Å². The van der Waals surface area contributed by atoms with Crippen molar-refractivity contribution in [3.63, 3.8) is 0 Å². The molecule has 0 fully saturated rings. The molecule has 2 rings (SSSR count). The normalized spacial score (nSPS) is 23.7. The number of phenolic OH excluding ortho intramolecular Hbond substituents is 1. The van der Waals surface area contributed by atoms with Crippen molar-refractivity contribution in [2.24, 2.45) is 5.92 Å². The number of phenols is 1. The monoisotopic (exact) mass is 264 g/mol. The number of aliphatic hydroxyl groups is 1. The number of aliphatic hydroxyl groups excluding tert-OH is 1. The molecule has 0 bridgehead atoms. The number of ether oxygens (including phenoxy) is 1. The van der Waals surface area contributed by atoms with Gasteiger partial charge in [0.1, 0.15) is 23.5 Å². The van der Waals surface area contributed by atoms with Crippen LogP contribution in [0, 0.1) is 19.8 Å². The highest BCUT2D eigenvalue weighted by Crippen LogP contribution is 2.40. The average Bonchev–Trinajstić information content (AvgIpc) is 2.37. The molecule has 1 aliphatic rings. The van der Waals surface area contributed by atoms with Crippen LogP contribution in [0.4, 0.5) is 0 Å². The molecule has 0 amide bonds. The maximum absolute atomic E-state index is 12.1. The largest absolute Gasteiger partial charge is 0.507 e. The highest BCUT2D eigenvalue weighted by molar-refractivity contribution is 5.96. The number of esters is 1. The minimum Gasteiger partial charge on any atom is -0.507 e. The summed E-state index contributed by atoms with van der Waals surface area (Å²) in [7, 11) is 0. The lowest BCUT2D eigenvalue weighted by Gasteiger charge is -2.34. The van der Waals surface area contributed by atoms with Crippen LogP contribution in [-0.2, 0) is 4.74 Å². The summed E-state index contributed by atoms with van der Waals surface area (Å²) in [5.41, 5.74) is 2.04. The molecule has 1 aliphatic heterocycles. The van der Waals surface area contributed by atoms with Crippen molar-refractivity contribution in [1.29, 1.82) is 0 Å². The first-order valence-electron chi connectivity index (χ1n) is 6.60. The number of aromatic hydroxyl groups is 1. The summed E-state index contributed by atoms with van der Waals surface area (Å²) in [6.07, 6.45) is -0.624. The predicted octanol–water partition coefficient (Wildman–Crippen LogP) is 2.63. The SMILES string of the molecule is CCC(C)C1OC(=O)c2c(O)c(C)cc(C)c2C1O.